The quantitative estimate of drug-likeness (QED) is 0.355. The molecule has 1 heterocycles. The first-order chi connectivity index (χ1) is 11.9. The summed E-state index contributed by atoms with van der Waals surface area (Å²) >= 11 is 0. The Bertz CT molecular complexity index is 730. The number of nitro groups is 1. The van der Waals surface area contributed by atoms with E-state index in [0.29, 0.717) is 24.2 Å². The average Bonchev–Trinajstić information content (AvgIpc) is 2.81. The lowest BCUT2D eigenvalue weighted by atomic mass is 9.85. The van der Waals surface area contributed by atoms with Crippen molar-refractivity contribution < 1.29 is 19.2 Å². The maximum Gasteiger partial charge on any atom is 0.270 e. The van der Waals surface area contributed by atoms with Crippen LogP contribution < -0.4 is 4.74 Å². The Morgan fingerprint density at radius 3 is 2.32 bits per heavy atom. The van der Waals surface area contributed by atoms with E-state index in [9.17, 15) is 19.7 Å². The van der Waals surface area contributed by atoms with E-state index in [1.54, 1.807) is 0 Å². The molecule has 132 valence electrons. The van der Waals surface area contributed by atoms with Crippen molar-refractivity contribution in [1.82, 2.24) is 4.90 Å². The second-order valence-corrected chi connectivity index (χ2v) is 6.63. The van der Waals surface area contributed by atoms with E-state index in [4.69, 9.17) is 4.74 Å². The average molecular weight is 344 g/mol. The van der Waals surface area contributed by atoms with Crippen LogP contribution in [-0.2, 0) is 16.1 Å². The van der Waals surface area contributed by atoms with Gasteiger partial charge in [0.15, 0.2) is 0 Å². The van der Waals surface area contributed by atoms with Crippen LogP contribution >= 0.6 is 0 Å². The summed E-state index contributed by atoms with van der Waals surface area (Å²) in [7, 11) is 0. The summed E-state index contributed by atoms with van der Waals surface area (Å²) in [4.78, 5) is 37.0. The van der Waals surface area contributed by atoms with Crippen LogP contribution in [0.4, 0.5) is 5.69 Å². The topological polar surface area (TPSA) is 89.8 Å². The number of likely N-dealkylation sites (tertiary alicyclic amines) is 1. The van der Waals surface area contributed by atoms with Gasteiger partial charge < -0.3 is 4.74 Å². The molecule has 2 atom stereocenters. The molecule has 2 unspecified atom stereocenters. The highest BCUT2D eigenvalue weighted by Gasteiger charge is 2.47. The van der Waals surface area contributed by atoms with Crippen molar-refractivity contribution in [2.24, 2.45) is 11.8 Å². The monoisotopic (exact) mass is 344 g/mol. The molecule has 0 radical (unpaired) electrons. The molecule has 1 fully saturated rings. The smallest absolute Gasteiger partial charge is 0.270 e. The first-order valence-electron chi connectivity index (χ1n) is 8.32. The molecule has 1 aliphatic heterocycles. The number of hydrogen-bond donors (Lipinski definition) is 0. The summed E-state index contributed by atoms with van der Waals surface area (Å²) < 4.78 is 5.70. The molecule has 1 aliphatic carbocycles. The number of non-ortho nitro benzene ring substituents is 1. The molecule has 2 aliphatic rings. The highest BCUT2D eigenvalue weighted by molar-refractivity contribution is 6.05. The summed E-state index contributed by atoms with van der Waals surface area (Å²) in [6.07, 6.45) is 4.86. The molecule has 1 aromatic rings. The molecule has 0 spiro atoms. The molecule has 0 N–H and O–H groups in total. The fourth-order valence-corrected chi connectivity index (χ4v) is 3.37. The Morgan fingerprint density at radius 2 is 1.80 bits per heavy atom. The third-order valence-corrected chi connectivity index (χ3v) is 4.54. The number of nitrogens with zero attached hydrogens (tertiary/aromatic N) is 2. The van der Waals surface area contributed by atoms with E-state index in [0.717, 1.165) is 0 Å². The molecule has 1 saturated heterocycles. The fraction of sp³-hybridized carbons (Fsp3) is 0.444. The lowest BCUT2D eigenvalue weighted by Crippen LogP contribution is -2.30. The van der Waals surface area contributed by atoms with Gasteiger partial charge in [-0.05, 0) is 32.8 Å². The van der Waals surface area contributed by atoms with Crippen molar-refractivity contribution in [2.45, 2.75) is 39.3 Å². The van der Waals surface area contributed by atoms with E-state index in [1.807, 2.05) is 26.0 Å². The SMILES string of the molecule is CC(C)Oc1ccc([N+](=O)[O-])cc1CN1C(=O)C2CC=CCC2C1=O. The van der Waals surface area contributed by atoms with Crippen LogP contribution in [0.1, 0.15) is 32.3 Å². The van der Waals surface area contributed by atoms with Crippen LogP contribution in [0.15, 0.2) is 30.4 Å². The number of carbonyl (C=O) groups is 2. The number of fused-ring (bicyclic) bond motifs is 1. The van der Waals surface area contributed by atoms with Crippen LogP contribution in [-0.4, -0.2) is 27.7 Å². The predicted octanol–water partition coefficient (Wildman–Crippen LogP) is 2.83. The maximum absolute atomic E-state index is 12.6. The van der Waals surface area contributed by atoms with Crippen LogP contribution in [0.3, 0.4) is 0 Å². The molecule has 0 bridgehead atoms. The molecule has 25 heavy (non-hydrogen) atoms. The Labute approximate surface area is 145 Å². The second kappa shape index (κ2) is 6.66. The predicted molar refractivity (Wildman–Crippen MR) is 89.8 cm³/mol. The molecular formula is C18H20N2O5. The van der Waals surface area contributed by atoms with Crippen molar-refractivity contribution in [3.8, 4) is 5.75 Å². The van der Waals surface area contributed by atoms with Gasteiger partial charge >= 0.3 is 0 Å². The zero-order valence-electron chi connectivity index (χ0n) is 14.2. The Morgan fingerprint density at radius 1 is 1.20 bits per heavy atom. The number of nitro benzene ring substituents is 1. The van der Waals surface area contributed by atoms with Crippen molar-refractivity contribution >= 4 is 17.5 Å². The Kier molecular flexibility index (Phi) is 4.57. The molecule has 0 saturated carbocycles. The number of carbonyl (C=O) groups excluding carboxylic acids is 2. The largest absolute Gasteiger partial charge is 0.491 e. The normalized spacial score (nSPS) is 22.4. The fourth-order valence-electron chi connectivity index (χ4n) is 3.37. The lowest BCUT2D eigenvalue weighted by molar-refractivity contribution is -0.385. The van der Waals surface area contributed by atoms with E-state index < -0.39 is 4.92 Å². The van der Waals surface area contributed by atoms with Gasteiger partial charge in [0.2, 0.25) is 11.8 Å². The van der Waals surface area contributed by atoms with Gasteiger partial charge in [0, 0.05) is 17.7 Å². The van der Waals surface area contributed by atoms with Crippen LogP contribution in [0.5, 0.6) is 5.75 Å². The summed E-state index contributed by atoms with van der Waals surface area (Å²) in [6, 6.07) is 4.25. The first kappa shape index (κ1) is 17.1. The zero-order chi connectivity index (χ0) is 18.1. The minimum atomic E-state index is -0.500. The van der Waals surface area contributed by atoms with Gasteiger partial charge in [-0.15, -0.1) is 0 Å². The standard InChI is InChI=1S/C18H20N2O5/c1-11(2)25-16-8-7-13(20(23)24)9-12(16)10-19-17(21)14-5-3-4-6-15(14)18(19)22/h3-4,7-9,11,14-15H,5-6,10H2,1-2H3. The highest BCUT2D eigenvalue weighted by atomic mass is 16.6. The van der Waals surface area contributed by atoms with Crippen molar-refractivity contribution in [1.29, 1.82) is 0 Å². The Hall–Kier alpha value is -2.70. The summed E-state index contributed by atoms with van der Waals surface area (Å²) in [5.41, 5.74) is 0.375. The first-order valence-corrected chi connectivity index (χ1v) is 8.32. The number of imide groups is 1. The second-order valence-electron chi connectivity index (χ2n) is 6.63. The number of amides is 2. The molecule has 0 aromatic heterocycles. The van der Waals surface area contributed by atoms with Gasteiger partial charge in [-0.2, -0.15) is 0 Å². The molecular weight excluding hydrogens is 324 g/mol. The minimum absolute atomic E-state index is 0.00556. The number of hydrogen-bond acceptors (Lipinski definition) is 5. The van der Waals surface area contributed by atoms with Gasteiger partial charge in [0.1, 0.15) is 5.75 Å². The maximum atomic E-state index is 12.6. The Balaban J connectivity index is 1.90. The minimum Gasteiger partial charge on any atom is -0.491 e. The molecule has 3 rings (SSSR count). The van der Waals surface area contributed by atoms with Gasteiger partial charge in [-0.25, -0.2) is 0 Å². The number of rotatable bonds is 5. The van der Waals surface area contributed by atoms with Gasteiger partial charge in [-0.3, -0.25) is 24.6 Å². The van der Waals surface area contributed by atoms with Crippen LogP contribution in [0, 0.1) is 22.0 Å². The molecule has 2 amide bonds. The third kappa shape index (κ3) is 3.26. The van der Waals surface area contributed by atoms with Gasteiger partial charge in [0.25, 0.3) is 5.69 Å². The lowest BCUT2D eigenvalue weighted by Gasteiger charge is -2.19. The molecule has 7 heteroatoms. The van der Waals surface area contributed by atoms with E-state index in [-0.39, 0.29) is 42.0 Å². The van der Waals surface area contributed by atoms with E-state index in [2.05, 4.69) is 0 Å². The summed E-state index contributed by atoms with van der Waals surface area (Å²) in [5, 5.41) is 11.1. The van der Waals surface area contributed by atoms with Crippen LogP contribution in [0.2, 0.25) is 0 Å². The van der Waals surface area contributed by atoms with Crippen LogP contribution in [0.25, 0.3) is 0 Å². The highest BCUT2D eigenvalue weighted by Crippen LogP contribution is 2.37. The summed E-state index contributed by atoms with van der Waals surface area (Å²) in [5.74, 6) is -0.590. The number of ether oxygens (including phenoxy) is 1. The summed E-state index contributed by atoms with van der Waals surface area (Å²) in [6.45, 7) is 3.68. The van der Waals surface area contributed by atoms with Crippen molar-refractivity contribution in [3.63, 3.8) is 0 Å². The zero-order valence-corrected chi connectivity index (χ0v) is 14.2. The van der Waals surface area contributed by atoms with E-state index >= 15 is 0 Å². The van der Waals surface area contributed by atoms with Crippen molar-refractivity contribution in [2.75, 3.05) is 0 Å². The third-order valence-electron chi connectivity index (χ3n) is 4.54. The molecule has 7 nitrogen and oxygen atoms in total. The van der Waals surface area contributed by atoms with Gasteiger partial charge in [-0.1, -0.05) is 12.2 Å². The number of benzene rings is 1. The number of allylic oxidation sites excluding steroid dienone is 2. The van der Waals surface area contributed by atoms with E-state index in [1.165, 1.54) is 23.1 Å². The molecule has 1 aromatic carbocycles. The van der Waals surface area contributed by atoms with Crippen molar-refractivity contribution in [3.05, 3.63) is 46.0 Å². The van der Waals surface area contributed by atoms with Gasteiger partial charge in [0.05, 0.1) is 29.4 Å².